The second-order valence-electron chi connectivity index (χ2n) is 8.24. The van der Waals surface area contributed by atoms with Crippen LogP contribution in [0.25, 0.3) is 0 Å². The zero-order valence-corrected chi connectivity index (χ0v) is 18.7. The van der Waals surface area contributed by atoms with Crippen molar-refractivity contribution in [2.45, 2.75) is 20.0 Å². The van der Waals surface area contributed by atoms with Gasteiger partial charge < -0.3 is 24.5 Å². The van der Waals surface area contributed by atoms with Gasteiger partial charge in [-0.25, -0.2) is 9.98 Å². The van der Waals surface area contributed by atoms with Crippen LogP contribution >= 0.6 is 0 Å². The molecule has 31 heavy (non-hydrogen) atoms. The first-order valence-electron chi connectivity index (χ1n) is 11.2. The van der Waals surface area contributed by atoms with Crippen molar-refractivity contribution in [3.05, 3.63) is 41.9 Å². The summed E-state index contributed by atoms with van der Waals surface area (Å²) in [6.07, 6.45) is 3.55. The fourth-order valence-corrected chi connectivity index (χ4v) is 4.03. The highest BCUT2D eigenvalue weighted by Gasteiger charge is 2.20. The molecule has 0 spiro atoms. The number of guanidine groups is 1. The van der Waals surface area contributed by atoms with E-state index in [1.165, 1.54) is 5.56 Å². The van der Waals surface area contributed by atoms with Crippen LogP contribution < -0.4 is 10.2 Å². The van der Waals surface area contributed by atoms with E-state index < -0.39 is 0 Å². The number of anilines is 1. The fraction of sp³-hybridized carbons (Fsp3) is 0.591. The summed E-state index contributed by atoms with van der Waals surface area (Å²) < 4.78 is 4.95. The predicted octanol–water partition coefficient (Wildman–Crippen LogP) is 1.10. The largest absolute Gasteiger partial charge is 0.364 e. The average molecular weight is 427 g/mol. The molecule has 2 saturated heterocycles. The molecule has 2 fully saturated rings. The van der Waals surface area contributed by atoms with E-state index in [0.717, 1.165) is 82.9 Å². The lowest BCUT2D eigenvalue weighted by Gasteiger charge is -2.36. The third kappa shape index (κ3) is 5.95. The van der Waals surface area contributed by atoms with E-state index >= 15 is 0 Å². The lowest BCUT2D eigenvalue weighted by atomic mass is 10.2. The van der Waals surface area contributed by atoms with Gasteiger partial charge in [0.25, 0.3) is 0 Å². The smallest absolute Gasteiger partial charge is 0.194 e. The molecule has 2 aliphatic heterocycles. The number of likely N-dealkylation sites (N-methyl/N-ethyl adjacent to an activating group) is 1. The summed E-state index contributed by atoms with van der Waals surface area (Å²) in [7, 11) is 2.17. The summed E-state index contributed by atoms with van der Waals surface area (Å²) in [6.45, 7) is 12.6. The number of nitrogens with zero attached hydrogens (tertiary/aromatic N) is 7. The summed E-state index contributed by atoms with van der Waals surface area (Å²) in [5.74, 6) is 2.05. The Morgan fingerprint density at radius 3 is 2.61 bits per heavy atom. The Morgan fingerprint density at radius 2 is 1.90 bits per heavy atom. The van der Waals surface area contributed by atoms with Gasteiger partial charge in [-0.1, -0.05) is 5.16 Å². The minimum Gasteiger partial charge on any atom is -0.364 e. The van der Waals surface area contributed by atoms with Gasteiger partial charge in [0.15, 0.2) is 5.96 Å². The third-order valence-corrected chi connectivity index (χ3v) is 5.93. The molecule has 0 unspecified atom stereocenters. The first-order chi connectivity index (χ1) is 15.2. The number of aromatic nitrogens is 2. The van der Waals surface area contributed by atoms with Gasteiger partial charge in [-0.05, 0) is 31.7 Å². The van der Waals surface area contributed by atoms with Crippen molar-refractivity contribution in [1.29, 1.82) is 0 Å². The summed E-state index contributed by atoms with van der Waals surface area (Å²) in [6, 6.07) is 6.19. The van der Waals surface area contributed by atoms with E-state index in [4.69, 9.17) is 9.52 Å². The van der Waals surface area contributed by atoms with Gasteiger partial charge in [0.2, 0.25) is 0 Å². The molecule has 168 valence electrons. The predicted molar refractivity (Wildman–Crippen MR) is 122 cm³/mol. The molecule has 0 amide bonds. The van der Waals surface area contributed by atoms with Gasteiger partial charge in [-0.2, -0.15) is 0 Å². The van der Waals surface area contributed by atoms with Crippen LogP contribution in [0.4, 0.5) is 5.82 Å². The highest BCUT2D eigenvalue weighted by Crippen LogP contribution is 2.16. The molecule has 9 nitrogen and oxygen atoms in total. The maximum Gasteiger partial charge on any atom is 0.194 e. The van der Waals surface area contributed by atoms with Crippen molar-refractivity contribution in [1.82, 2.24) is 30.2 Å². The molecule has 4 rings (SSSR count). The van der Waals surface area contributed by atoms with Crippen molar-refractivity contribution in [3.63, 3.8) is 0 Å². The van der Waals surface area contributed by atoms with Gasteiger partial charge >= 0.3 is 0 Å². The van der Waals surface area contributed by atoms with Gasteiger partial charge in [-0.15, -0.1) is 0 Å². The summed E-state index contributed by atoms with van der Waals surface area (Å²) in [5.41, 5.74) is 2.19. The number of piperazine rings is 2. The molecule has 9 heteroatoms. The molecule has 2 aromatic rings. The molecule has 0 bridgehead atoms. The number of nitrogens with one attached hydrogen (secondary N) is 1. The Morgan fingerprint density at radius 1 is 1.10 bits per heavy atom. The lowest BCUT2D eigenvalue weighted by Crippen LogP contribution is -2.52. The lowest BCUT2D eigenvalue weighted by molar-refractivity contribution is 0.169. The van der Waals surface area contributed by atoms with Crippen LogP contribution in [-0.2, 0) is 13.1 Å². The monoisotopic (exact) mass is 426 g/mol. The van der Waals surface area contributed by atoms with E-state index in [1.807, 2.05) is 12.3 Å². The van der Waals surface area contributed by atoms with Crippen LogP contribution in [0.5, 0.6) is 0 Å². The van der Waals surface area contributed by atoms with Gasteiger partial charge in [0, 0.05) is 77.7 Å². The highest BCUT2D eigenvalue weighted by atomic mass is 16.5. The maximum absolute atomic E-state index is 4.95. The minimum absolute atomic E-state index is 0.657. The molecule has 2 aliphatic rings. The first-order valence-corrected chi connectivity index (χ1v) is 11.2. The van der Waals surface area contributed by atoms with Crippen LogP contribution in [0.1, 0.15) is 18.2 Å². The molecule has 1 N–H and O–H groups in total. The van der Waals surface area contributed by atoms with Gasteiger partial charge in [-0.3, -0.25) is 4.90 Å². The SMILES string of the molecule is CCNC(=NCc1ccnc(N2CCN(C)CC2)c1)N1CCN(Cc2ccon2)CC1. The number of aliphatic imine (C=N–C) groups is 1. The second-order valence-corrected chi connectivity index (χ2v) is 8.24. The van der Waals surface area contributed by atoms with Crippen LogP contribution in [-0.4, -0.2) is 96.8 Å². The summed E-state index contributed by atoms with van der Waals surface area (Å²) in [5, 5.41) is 7.49. The number of rotatable bonds is 6. The molecular formula is C22H34N8O. The molecular weight excluding hydrogens is 392 g/mol. The van der Waals surface area contributed by atoms with E-state index in [2.05, 4.69) is 61.2 Å². The maximum atomic E-state index is 4.95. The standard InChI is InChI=1S/C22H34N8O/c1-3-23-22(30-13-9-28(10-14-30)18-20-5-15-31-26-20)25-17-19-4-6-24-21(16-19)29-11-7-27(2)8-12-29/h4-6,15-16H,3,7-14,17-18H2,1-2H3,(H,23,25). The second kappa shape index (κ2) is 10.6. The number of hydrogen-bond donors (Lipinski definition) is 1. The number of hydrogen-bond acceptors (Lipinski definition) is 7. The normalized spacial score (nSPS) is 19.1. The van der Waals surface area contributed by atoms with Gasteiger partial charge in [0.1, 0.15) is 12.1 Å². The molecule has 0 saturated carbocycles. The van der Waals surface area contributed by atoms with Crippen molar-refractivity contribution in [2.75, 3.05) is 70.9 Å². The third-order valence-electron chi connectivity index (χ3n) is 5.93. The van der Waals surface area contributed by atoms with E-state index in [9.17, 15) is 0 Å². The topological polar surface area (TPSA) is 76.3 Å². The Kier molecular flexibility index (Phi) is 7.37. The quantitative estimate of drug-likeness (QED) is 0.544. The number of pyridine rings is 1. The van der Waals surface area contributed by atoms with Crippen LogP contribution in [0, 0.1) is 0 Å². The van der Waals surface area contributed by atoms with E-state index in [-0.39, 0.29) is 0 Å². The van der Waals surface area contributed by atoms with Crippen molar-refractivity contribution >= 4 is 11.8 Å². The van der Waals surface area contributed by atoms with Crippen molar-refractivity contribution in [2.24, 2.45) is 4.99 Å². The first kappa shape index (κ1) is 21.6. The van der Waals surface area contributed by atoms with Crippen LogP contribution in [0.15, 0.2) is 40.2 Å². The zero-order valence-electron chi connectivity index (χ0n) is 18.7. The Balaban J connectivity index is 1.34. The molecule has 0 aromatic carbocycles. The molecule has 2 aromatic heterocycles. The average Bonchev–Trinajstić information content (AvgIpc) is 3.31. The summed E-state index contributed by atoms with van der Waals surface area (Å²) in [4.78, 5) is 19.0. The minimum atomic E-state index is 0.657. The van der Waals surface area contributed by atoms with E-state index in [0.29, 0.717) is 6.54 Å². The Hall–Kier alpha value is -2.65. The van der Waals surface area contributed by atoms with Crippen LogP contribution in [0.2, 0.25) is 0 Å². The van der Waals surface area contributed by atoms with E-state index in [1.54, 1.807) is 6.26 Å². The van der Waals surface area contributed by atoms with Crippen molar-refractivity contribution in [3.8, 4) is 0 Å². The Bertz CT molecular complexity index is 824. The Labute approximate surface area is 184 Å². The fourth-order valence-electron chi connectivity index (χ4n) is 4.03. The molecule has 4 heterocycles. The zero-order chi connectivity index (χ0) is 21.5. The van der Waals surface area contributed by atoms with Crippen molar-refractivity contribution < 1.29 is 4.52 Å². The molecule has 0 aliphatic carbocycles. The summed E-state index contributed by atoms with van der Waals surface area (Å²) >= 11 is 0. The molecule has 0 radical (unpaired) electrons. The van der Waals surface area contributed by atoms with Gasteiger partial charge in [0.05, 0.1) is 12.2 Å². The van der Waals surface area contributed by atoms with Crippen LogP contribution in [0.3, 0.4) is 0 Å². The highest BCUT2D eigenvalue weighted by molar-refractivity contribution is 5.80. The molecule has 0 atom stereocenters.